The number of benzene rings is 2. The zero-order valence-corrected chi connectivity index (χ0v) is 13.4. The van der Waals surface area contributed by atoms with Gasteiger partial charge in [-0.2, -0.15) is 14.6 Å². The van der Waals surface area contributed by atoms with Crippen molar-refractivity contribution in [3.63, 3.8) is 0 Å². The summed E-state index contributed by atoms with van der Waals surface area (Å²) >= 11 is 0. The van der Waals surface area contributed by atoms with E-state index in [9.17, 15) is 4.39 Å². The molecule has 0 saturated heterocycles. The minimum absolute atomic E-state index is 0.0450. The van der Waals surface area contributed by atoms with Crippen molar-refractivity contribution in [2.75, 3.05) is 17.2 Å². The first-order valence-corrected chi connectivity index (χ1v) is 7.63. The van der Waals surface area contributed by atoms with E-state index >= 15 is 0 Å². The number of hydrogen-bond donors (Lipinski definition) is 3. The average Bonchev–Trinajstić information content (AvgIpc) is 3.00. The number of nitrogens with two attached hydrogens (primary N) is 3. The normalized spacial score (nSPS) is 11.0. The van der Waals surface area contributed by atoms with Gasteiger partial charge in [-0.1, -0.05) is 24.3 Å². The summed E-state index contributed by atoms with van der Waals surface area (Å²) in [5, 5.41) is 5.01. The number of para-hydroxylation sites is 2. The van der Waals surface area contributed by atoms with Crippen LogP contribution in [0.15, 0.2) is 48.5 Å². The van der Waals surface area contributed by atoms with Crippen LogP contribution in [0.3, 0.4) is 0 Å². The van der Waals surface area contributed by atoms with Crippen molar-refractivity contribution in [3.8, 4) is 17.6 Å². The summed E-state index contributed by atoms with van der Waals surface area (Å²) in [5.41, 5.74) is 18.0. The van der Waals surface area contributed by atoms with Crippen LogP contribution in [0.1, 0.15) is 0 Å². The third kappa shape index (κ3) is 2.51. The molecule has 130 valence electrons. The molecule has 0 saturated carbocycles. The van der Waals surface area contributed by atoms with Crippen LogP contribution in [0, 0.1) is 5.82 Å². The first kappa shape index (κ1) is 15.6. The van der Waals surface area contributed by atoms with Crippen molar-refractivity contribution in [2.24, 2.45) is 0 Å². The minimum Gasteiger partial charge on any atom is -0.434 e. The summed E-state index contributed by atoms with van der Waals surface area (Å²) in [6.45, 7) is 0. The summed E-state index contributed by atoms with van der Waals surface area (Å²) in [6.07, 6.45) is 0. The molecule has 26 heavy (non-hydrogen) atoms. The monoisotopic (exact) mass is 351 g/mol. The summed E-state index contributed by atoms with van der Waals surface area (Å²) < 4.78 is 21.0. The molecule has 9 heteroatoms. The number of halogens is 1. The molecule has 0 amide bonds. The Morgan fingerprint density at radius 3 is 2.27 bits per heavy atom. The predicted octanol–water partition coefficient (Wildman–Crippen LogP) is 2.49. The van der Waals surface area contributed by atoms with Crippen LogP contribution in [-0.4, -0.2) is 19.7 Å². The van der Waals surface area contributed by atoms with Crippen LogP contribution >= 0.6 is 0 Å². The van der Waals surface area contributed by atoms with Gasteiger partial charge in [0, 0.05) is 0 Å². The first-order valence-electron chi connectivity index (χ1n) is 7.63. The Kier molecular flexibility index (Phi) is 3.54. The number of rotatable bonds is 3. The van der Waals surface area contributed by atoms with Crippen LogP contribution < -0.4 is 21.9 Å². The van der Waals surface area contributed by atoms with Gasteiger partial charge in [0.1, 0.15) is 5.69 Å². The van der Waals surface area contributed by atoms with Crippen molar-refractivity contribution in [1.29, 1.82) is 0 Å². The van der Waals surface area contributed by atoms with Gasteiger partial charge in [-0.15, -0.1) is 5.10 Å². The molecule has 2 heterocycles. The molecule has 0 aliphatic rings. The molecule has 0 radical (unpaired) electrons. The molecule has 4 aromatic rings. The molecule has 0 aliphatic heterocycles. The topological polar surface area (TPSA) is 131 Å². The SMILES string of the molecule is Nc1nc(-n2nc(Oc3ccccc3F)c3ccccc32)nc(N)c1N. The standard InChI is InChI=1S/C17H14FN7O/c18-10-6-2-4-8-12(10)26-16-9-5-1-3-7-11(9)25(24-16)17-22-14(20)13(19)15(21)23-17/h1-8H,19H2,(H4,20,21,22,23). The van der Waals surface area contributed by atoms with Crippen molar-refractivity contribution in [1.82, 2.24) is 19.7 Å². The molecular weight excluding hydrogens is 337 g/mol. The van der Waals surface area contributed by atoms with E-state index in [-0.39, 0.29) is 34.9 Å². The van der Waals surface area contributed by atoms with Crippen LogP contribution in [0.5, 0.6) is 11.6 Å². The molecule has 0 unspecified atom stereocenters. The Bertz CT molecular complexity index is 1100. The lowest BCUT2D eigenvalue weighted by molar-refractivity contribution is 0.427. The molecule has 2 aromatic carbocycles. The third-order valence-electron chi connectivity index (χ3n) is 3.78. The van der Waals surface area contributed by atoms with Gasteiger partial charge in [0.2, 0.25) is 5.88 Å². The second-order valence-electron chi connectivity index (χ2n) is 5.47. The number of fused-ring (bicyclic) bond motifs is 1. The van der Waals surface area contributed by atoms with Gasteiger partial charge in [-0.3, -0.25) is 0 Å². The van der Waals surface area contributed by atoms with Gasteiger partial charge in [0.05, 0.1) is 10.9 Å². The second kappa shape index (κ2) is 5.88. The molecule has 0 fully saturated rings. The Morgan fingerprint density at radius 1 is 0.885 bits per heavy atom. The number of nitrogens with zero attached hydrogens (tertiary/aromatic N) is 4. The Labute approximate surface area is 147 Å². The minimum atomic E-state index is -0.497. The molecule has 4 rings (SSSR count). The summed E-state index contributed by atoms with van der Waals surface area (Å²) in [6, 6.07) is 13.3. The Balaban J connectivity index is 1.89. The maximum Gasteiger partial charge on any atom is 0.255 e. The quantitative estimate of drug-likeness (QED) is 0.517. The Morgan fingerprint density at radius 2 is 1.54 bits per heavy atom. The molecule has 0 atom stereocenters. The van der Waals surface area contributed by atoms with E-state index in [1.165, 1.54) is 16.8 Å². The fourth-order valence-corrected chi connectivity index (χ4v) is 2.48. The zero-order chi connectivity index (χ0) is 18.3. The van der Waals surface area contributed by atoms with E-state index in [0.29, 0.717) is 10.9 Å². The van der Waals surface area contributed by atoms with Crippen molar-refractivity contribution in [3.05, 3.63) is 54.3 Å². The molecule has 0 aliphatic carbocycles. The predicted molar refractivity (Wildman–Crippen MR) is 96.4 cm³/mol. The van der Waals surface area contributed by atoms with Gasteiger partial charge >= 0.3 is 0 Å². The summed E-state index contributed by atoms with van der Waals surface area (Å²) in [7, 11) is 0. The summed E-state index contributed by atoms with van der Waals surface area (Å²) in [5.74, 6) is -0.0205. The third-order valence-corrected chi connectivity index (χ3v) is 3.78. The number of aromatic nitrogens is 4. The largest absolute Gasteiger partial charge is 0.434 e. The highest BCUT2D eigenvalue weighted by Gasteiger charge is 2.18. The van der Waals surface area contributed by atoms with Crippen LogP contribution in [0.4, 0.5) is 21.7 Å². The lowest BCUT2D eigenvalue weighted by Gasteiger charge is -2.06. The van der Waals surface area contributed by atoms with Gasteiger partial charge in [0.15, 0.2) is 23.2 Å². The number of ether oxygens (including phenoxy) is 1. The van der Waals surface area contributed by atoms with Crippen LogP contribution in [0.2, 0.25) is 0 Å². The Hall–Kier alpha value is -3.88. The highest BCUT2D eigenvalue weighted by Crippen LogP contribution is 2.32. The maximum absolute atomic E-state index is 13.9. The molecular formula is C17H14FN7O. The highest BCUT2D eigenvalue weighted by atomic mass is 19.1. The fourth-order valence-electron chi connectivity index (χ4n) is 2.48. The van der Waals surface area contributed by atoms with Crippen molar-refractivity contribution in [2.45, 2.75) is 0 Å². The lowest BCUT2D eigenvalue weighted by Crippen LogP contribution is -2.11. The number of nitrogen functional groups attached to an aromatic ring is 3. The first-order chi connectivity index (χ1) is 12.5. The smallest absolute Gasteiger partial charge is 0.255 e. The van der Waals surface area contributed by atoms with Gasteiger partial charge in [-0.05, 0) is 24.3 Å². The second-order valence-corrected chi connectivity index (χ2v) is 5.47. The van der Waals surface area contributed by atoms with E-state index in [4.69, 9.17) is 21.9 Å². The van der Waals surface area contributed by atoms with Crippen molar-refractivity contribution >= 4 is 28.2 Å². The van der Waals surface area contributed by atoms with E-state index in [2.05, 4.69) is 15.1 Å². The fraction of sp³-hybridized carbons (Fsp3) is 0. The molecule has 6 N–H and O–H groups in total. The van der Waals surface area contributed by atoms with E-state index in [1.807, 2.05) is 12.1 Å². The molecule has 0 spiro atoms. The van der Waals surface area contributed by atoms with E-state index < -0.39 is 5.82 Å². The van der Waals surface area contributed by atoms with Crippen LogP contribution in [-0.2, 0) is 0 Å². The van der Waals surface area contributed by atoms with Crippen molar-refractivity contribution < 1.29 is 9.13 Å². The van der Waals surface area contributed by atoms with Crippen LogP contribution in [0.25, 0.3) is 16.9 Å². The average molecular weight is 351 g/mol. The van der Waals surface area contributed by atoms with Gasteiger partial charge in [0.25, 0.3) is 5.95 Å². The molecule has 8 nitrogen and oxygen atoms in total. The lowest BCUT2D eigenvalue weighted by atomic mass is 10.2. The van der Waals surface area contributed by atoms with Gasteiger partial charge < -0.3 is 21.9 Å². The molecule has 0 bridgehead atoms. The highest BCUT2D eigenvalue weighted by molar-refractivity contribution is 5.86. The van der Waals surface area contributed by atoms with Gasteiger partial charge in [-0.25, -0.2) is 4.39 Å². The number of hydrogen-bond acceptors (Lipinski definition) is 7. The van der Waals surface area contributed by atoms with E-state index in [1.54, 1.807) is 24.3 Å². The number of anilines is 3. The summed E-state index contributed by atoms with van der Waals surface area (Å²) in [4.78, 5) is 8.25. The maximum atomic E-state index is 13.9. The van der Waals surface area contributed by atoms with E-state index in [0.717, 1.165) is 0 Å². The molecule has 2 aromatic heterocycles. The zero-order valence-electron chi connectivity index (χ0n) is 13.4.